The Hall–Kier alpha value is -2.40. The zero-order valence-electron chi connectivity index (χ0n) is 15.9. The maximum Gasteiger partial charge on any atom is 0.244 e. The molecule has 2 aromatic rings. The fraction of sp³-hybridized carbons (Fsp3) is 0.429. The Bertz CT molecular complexity index is 775. The molecule has 0 radical (unpaired) electrons. The number of nitrogens with one attached hydrogen (secondary N) is 1. The van der Waals surface area contributed by atoms with Crippen molar-refractivity contribution in [2.24, 2.45) is 0 Å². The summed E-state index contributed by atoms with van der Waals surface area (Å²) in [4.78, 5) is 14.6. The Morgan fingerprint density at radius 3 is 2.69 bits per heavy atom. The summed E-state index contributed by atoms with van der Waals surface area (Å²) in [5.41, 5.74) is 3.97. The Kier molecular flexibility index (Phi) is 5.89. The topological polar surface area (TPSA) is 50.2 Å². The molecule has 0 saturated heterocycles. The average Bonchev–Trinajstić information content (AvgIpc) is 3.44. The van der Waals surface area contributed by atoms with Crippen molar-refractivity contribution in [2.75, 3.05) is 19.6 Å². The summed E-state index contributed by atoms with van der Waals surface area (Å²) in [5, 5.41) is 7.59. The molecule has 0 spiro atoms. The number of rotatable bonds is 8. The second kappa shape index (κ2) is 8.32. The van der Waals surface area contributed by atoms with E-state index < -0.39 is 0 Å². The SMILES string of the molecule is CCN(CCNC(=O)/C=C/c1c(C)nn(-c2ccccc2)c1C)C1CC1. The quantitative estimate of drug-likeness (QED) is 0.743. The predicted molar refractivity (Wildman–Crippen MR) is 105 cm³/mol. The Morgan fingerprint density at radius 1 is 1.31 bits per heavy atom. The van der Waals surface area contributed by atoms with Gasteiger partial charge in [-0.25, -0.2) is 4.68 Å². The molecule has 1 saturated carbocycles. The summed E-state index contributed by atoms with van der Waals surface area (Å²) in [6.45, 7) is 8.83. The monoisotopic (exact) mass is 352 g/mol. The maximum absolute atomic E-state index is 12.1. The van der Waals surface area contributed by atoms with Crippen molar-refractivity contribution in [1.29, 1.82) is 0 Å². The highest BCUT2D eigenvalue weighted by Gasteiger charge is 2.27. The first kappa shape index (κ1) is 18.4. The fourth-order valence-electron chi connectivity index (χ4n) is 3.30. The van der Waals surface area contributed by atoms with E-state index in [4.69, 9.17) is 0 Å². The van der Waals surface area contributed by atoms with Crippen LogP contribution in [0.2, 0.25) is 0 Å². The normalized spacial score (nSPS) is 14.3. The van der Waals surface area contributed by atoms with Crippen LogP contribution in [-0.2, 0) is 4.79 Å². The van der Waals surface area contributed by atoms with Gasteiger partial charge in [-0.1, -0.05) is 25.1 Å². The van der Waals surface area contributed by atoms with Gasteiger partial charge in [0.05, 0.1) is 11.4 Å². The first-order valence-electron chi connectivity index (χ1n) is 9.41. The number of carbonyl (C=O) groups is 1. The van der Waals surface area contributed by atoms with E-state index >= 15 is 0 Å². The predicted octanol–water partition coefficient (Wildman–Crippen LogP) is 3.10. The molecule has 1 N–H and O–H groups in total. The second-order valence-electron chi connectivity index (χ2n) is 6.82. The van der Waals surface area contributed by atoms with Crippen molar-refractivity contribution in [2.45, 2.75) is 39.7 Å². The number of hydrogen-bond acceptors (Lipinski definition) is 3. The molecule has 1 heterocycles. The minimum Gasteiger partial charge on any atom is -0.351 e. The largest absolute Gasteiger partial charge is 0.351 e. The minimum atomic E-state index is -0.0527. The number of aromatic nitrogens is 2. The highest BCUT2D eigenvalue weighted by atomic mass is 16.1. The van der Waals surface area contributed by atoms with Gasteiger partial charge in [0.1, 0.15) is 0 Å². The third-order valence-corrected chi connectivity index (χ3v) is 4.92. The number of amides is 1. The molecule has 0 aliphatic heterocycles. The lowest BCUT2D eigenvalue weighted by atomic mass is 10.2. The van der Waals surface area contributed by atoms with E-state index in [2.05, 4.69) is 22.2 Å². The van der Waals surface area contributed by atoms with Crippen LogP contribution < -0.4 is 5.32 Å². The van der Waals surface area contributed by atoms with Crippen LogP contribution in [0.4, 0.5) is 0 Å². The fourth-order valence-corrected chi connectivity index (χ4v) is 3.30. The summed E-state index contributed by atoms with van der Waals surface area (Å²) in [7, 11) is 0. The average molecular weight is 352 g/mol. The second-order valence-corrected chi connectivity index (χ2v) is 6.82. The van der Waals surface area contributed by atoms with Crippen LogP contribution in [0.15, 0.2) is 36.4 Å². The van der Waals surface area contributed by atoms with Crippen molar-refractivity contribution in [3.05, 3.63) is 53.4 Å². The molecule has 0 atom stereocenters. The van der Waals surface area contributed by atoms with E-state index in [9.17, 15) is 4.79 Å². The van der Waals surface area contributed by atoms with Gasteiger partial charge in [0.15, 0.2) is 0 Å². The molecule has 0 bridgehead atoms. The molecule has 1 aliphatic carbocycles. The zero-order valence-corrected chi connectivity index (χ0v) is 15.9. The van der Waals surface area contributed by atoms with Gasteiger partial charge in [0.25, 0.3) is 0 Å². The van der Waals surface area contributed by atoms with Gasteiger partial charge in [0.2, 0.25) is 5.91 Å². The van der Waals surface area contributed by atoms with E-state index in [1.165, 1.54) is 12.8 Å². The molecular weight excluding hydrogens is 324 g/mol. The molecule has 1 aromatic carbocycles. The van der Waals surface area contributed by atoms with E-state index in [1.807, 2.05) is 54.9 Å². The van der Waals surface area contributed by atoms with Crippen molar-refractivity contribution in [3.63, 3.8) is 0 Å². The summed E-state index contributed by atoms with van der Waals surface area (Å²) < 4.78 is 1.92. The minimum absolute atomic E-state index is 0.0527. The highest BCUT2D eigenvalue weighted by Crippen LogP contribution is 2.25. The van der Waals surface area contributed by atoms with Crippen LogP contribution in [0.1, 0.15) is 36.7 Å². The van der Waals surface area contributed by atoms with Gasteiger partial charge in [-0.15, -0.1) is 0 Å². The van der Waals surface area contributed by atoms with Crippen LogP contribution in [-0.4, -0.2) is 46.3 Å². The Balaban J connectivity index is 1.59. The van der Waals surface area contributed by atoms with Crippen molar-refractivity contribution >= 4 is 12.0 Å². The van der Waals surface area contributed by atoms with Crippen molar-refractivity contribution in [1.82, 2.24) is 20.0 Å². The van der Waals surface area contributed by atoms with E-state index in [0.717, 1.165) is 41.8 Å². The first-order chi connectivity index (χ1) is 12.6. The van der Waals surface area contributed by atoms with Crippen molar-refractivity contribution < 1.29 is 4.79 Å². The third-order valence-electron chi connectivity index (χ3n) is 4.92. The molecule has 0 unspecified atom stereocenters. The smallest absolute Gasteiger partial charge is 0.244 e. The van der Waals surface area contributed by atoms with Gasteiger partial charge in [0, 0.05) is 36.5 Å². The lowest BCUT2D eigenvalue weighted by Crippen LogP contribution is -2.35. The molecular formula is C21H28N4O. The number of benzene rings is 1. The Labute approximate surface area is 155 Å². The molecule has 1 aliphatic rings. The van der Waals surface area contributed by atoms with Gasteiger partial charge in [-0.05, 0) is 51.4 Å². The summed E-state index contributed by atoms with van der Waals surface area (Å²) >= 11 is 0. The molecule has 1 aromatic heterocycles. The van der Waals surface area contributed by atoms with Gasteiger partial charge in [-0.2, -0.15) is 5.10 Å². The molecule has 3 rings (SSSR count). The first-order valence-corrected chi connectivity index (χ1v) is 9.41. The van der Waals surface area contributed by atoms with Crippen LogP contribution in [0, 0.1) is 13.8 Å². The number of hydrogen-bond donors (Lipinski definition) is 1. The summed E-state index contributed by atoms with van der Waals surface area (Å²) in [6, 6.07) is 10.8. The lowest BCUT2D eigenvalue weighted by molar-refractivity contribution is -0.116. The summed E-state index contributed by atoms with van der Waals surface area (Å²) in [5.74, 6) is -0.0527. The third kappa shape index (κ3) is 4.41. The molecule has 5 nitrogen and oxygen atoms in total. The number of likely N-dealkylation sites (N-methyl/N-ethyl adjacent to an activating group) is 1. The van der Waals surface area contributed by atoms with Gasteiger partial charge < -0.3 is 5.32 Å². The van der Waals surface area contributed by atoms with Crippen LogP contribution in [0.25, 0.3) is 11.8 Å². The Morgan fingerprint density at radius 2 is 2.04 bits per heavy atom. The van der Waals surface area contributed by atoms with E-state index in [0.29, 0.717) is 6.54 Å². The molecule has 5 heteroatoms. The van der Waals surface area contributed by atoms with Crippen LogP contribution in [0.5, 0.6) is 0 Å². The van der Waals surface area contributed by atoms with Crippen LogP contribution in [0.3, 0.4) is 0 Å². The number of nitrogens with zero attached hydrogens (tertiary/aromatic N) is 3. The highest BCUT2D eigenvalue weighted by molar-refractivity contribution is 5.92. The molecule has 1 fully saturated rings. The van der Waals surface area contributed by atoms with E-state index in [1.54, 1.807) is 6.08 Å². The number of aryl methyl sites for hydroxylation is 1. The molecule has 138 valence electrons. The number of carbonyl (C=O) groups excluding carboxylic acids is 1. The molecule has 26 heavy (non-hydrogen) atoms. The number of para-hydroxylation sites is 1. The lowest BCUT2D eigenvalue weighted by Gasteiger charge is -2.19. The maximum atomic E-state index is 12.1. The standard InChI is InChI=1S/C21H28N4O/c1-4-24(18-10-11-18)15-14-22-21(26)13-12-20-16(2)23-25(17(20)3)19-8-6-5-7-9-19/h5-9,12-13,18H,4,10-11,14-15H2,1-3H3,(H,22,26)/b13-12+. The van der Waals surface area contributed by atoms with Gasteiger partial charge >= 0.3 is 0 Å². The molecule has 1 amide bonds. The van der Waals surface area contributed by atoms with E-state index in [-0.39, 0.29) is 5.91 Å². The van der Waals surface area contributed by atoms with Gasteiger partial charge in [-0.3, -0.25) is 9.69 Å². The van der Waals surface area contributed by atoms with Crippen molar-refractivity contribution in [3.8, 4) is 5.69 Å². The summed E-state index contributed by atoms with van der Waals surface area (Å²) in [6.07, 6.45) is 6.07. The zero-order chi connectivity index (χ0) is 18.5. The van der Waals surface area contributed by atoms with Crippen LogP contribution >= 0.6 is 0 Å².